The zero-order valence-electron chi connectivity index (χ0n) is 21.5. The van der Waals surface area contributed by atoms with Crippen LogP contribution in [-0.4, -0.2) is 63.2 Å². The molecule has 0 fully saturated rings. The van der Waals surface area contributed by atoms with Gasteiger partial charge in [0.2, 0.25) is 21.8 Å². The normalized spacial score (nSPS) is 14.5. The molecule has 1 aliphatic heterocycles. The Kier molecular flexibility index (Phi) is 8.84. The van der Waals surface area contributed by atoms with Crippen molar-refractivity contribution in [2.75, 3.05) is 30.3 Å². The molecule has 0 aliphatic carbocycles. The van der Waals surface area contributed by atoms with Gasteiger partial charge in [-0.2, -0.15) is 0 Å². The Bertz CT molecular complexity index is 1200. The van der Waals surface area contributed by atoms with E-state index in [2.05, 4.69) is 5.32 Å². The molecule has 196 valence electrons. The average Bonchev–Trinajstić information content (AvgIpc) is 2.85. The van der Waals surface area contributed by atoms with Gasteiger partial charge in [0.05, 0.1) is 11.9 Å². The Balaban J connectivity index is 1.92. The van der Waals surface area contributed by atoms with Crippen LogP contribution in [-0.2, 0) is 26.2 Å². The van der Waals surface area contributed by atoms with Crippen LogP contribution in [0.15, 0.2) is 42.5 Å². The minimum atomic E-state index is -3.83. The number of nitrogens with zero attached hydrogens (tertiary/aromatic N) is 2. The van der Waals surface area contributed by atoms with Crippen molar-refractivity contribution in [3.8, 4) is 11.5 Å². The van der Waals surface area contributed by atoms with Gasteiger partial charge in [-0.1, -0.05) is 31.2 Å². The fraction of sp³-hybridized carbons (Fsp3) is 0.462. The number of hydrogen-bond donors (Lipinski definition) is 1. The zero-order chi connectivity index (χ0) is 26.5. The van der Waals surface area contributed by atoms with Gasteiger partial charge in [0.1, 0.15) is 25.8 Å². The van der Waals surface area contributed by atoms with Crippen LogP contribution in [0, 0.1) is 6.92 Å². The molecule has 2 aromatic rings. The first-order valence-electron chi connectivity index (χ1n) is 12.0. The Hall–Kier alpha value is -3.27. The number of rotatable bonds is 10. The van der Waals surface area contributed by atoms with E-state index in [0.29, 0.717) is 24.7 Å². The van der Waals surface area contributed by atoms with Gasteiger partial charge in [-0.05, 0) is 50.5 Å². The second kappa shape index (κ2) is 11.6. The van der Waals surface area contributed by atoms with E-state index >= 15 is 0 Å². The van der Waals surface area contributed by atoms with Crippen LogP contribution in [0.1, 0.15) is 38.3 Å². The van der Waals surface area contributed by atoms with Gasteiger partial charge < -0.3 is 19.7 Å². The number of amides is 2. The Morgan fingerprint density at radius 2 is 1.72 bits per heavy atom. The Labute approximate surface area is 213 Å². The lowest BCUT2D eigenvalue weighted by molar-refractivity contribution is -0.139. The van der Waals surface area contributed by atoms with E-state index < -0.39 is 28.5 Å². The second-order valence-electron chi connectivity index (χ2n) is 9.04. The summed E-state index contributed by atoms with van der Waals surface area (Å²) in [6.07, 6.45) is 1.79. The fourth-order valence-corrected chi connectivity index (χ4v) is 4.66. The minimum absolute atomic E-state index is 0.0550. The molecule has 0 saturated carbocycles. The topological polar surface area (TPSA) is 105 Å². The molecule has 1 N–H and O–H groups in total. The summed E-state index contributed by atoms with van der Waals surface area (Å²) in [5, 5.41) is 2.92. The third kappa shape index (κ3) is 6.69. The van der Waals surface area contributed by atoms with Crippen molar-refractivity contribution in [3.63, 3.8) is 0 Å². The number of hydrogen-bond acceptors (Lipinski definition) is 6. The van der Waals surface area contributed by atoms with Gasteiger partial charge in [0, 0.05) is 18.7 Å². The summed E-state index contributed by atoms with van der Waals surface area (Å²) >= 11 is 0. The van der Waals surface area contributed by atoms with Crippen molar-refractivity contribution in [1.82, 2.24) is 10.2 Å². The summed E-state index contributed by atoms with van der Waals surface area (Å²) in [7, 11) is -3.83. The second-order valence-corrected chi connectivity index (χ2v) is 10.9. The van der Waals surface area contributed by atoms with Crippen LogP contribution >= 0.6 is 0 Å². The number of sulfonamides is 1. The number of fused-ring (bicyclic) bond motifs is 1. The average molecular weight is 518 g/mol. The van der Waals surface area contributed by atoms with Crippen LogP contribution in [0.4, 0.5) is 5.69 Å². The van der Waals surface area contributed by atoms with Crippen LogP contribution < -0.4 is 19.1 Å². The highest BCUT2D eigenvalue weighted by atomic mass is 32.2. The monoisotopic (exact) mass is 517 g/mol. The Morgan fingerprint density at radius 3 is 2.36 bits per heavy atom. The molecule has 2 atom stereocenters. The van der Waals surface area contributed by atoms with Crippen molar-refractivity contribution in [3.05, 3.63) is 53.6 Å². The Morgan fingerprint density at radius 1 is 1.06 bits per heavy atom. The van der Waals surface area contributed by atoms with Crippen molar-refractivity contribution in [2.45, 2.75) is 52.7 Å². The number of ether oxygens (including phenoxy) is 2. The highest BCUT2D eigenvalue weighted by molar-refractivity contribution is 7.92. The molecule has 0 spiro atoms. The number of carbonyl (C=O) groups excluding carboxylic acids is 2. The lowest BCUT2D eigenvalue weighted by Crippen LogP contribution is -2.52. The molecule has 0 aromatic heterocycles. The van der Waals surface area contributed by atoms with Crippen LogP contribution in [0.2, 0.25) is 0 Å². The lowest BCUT2D eigenvalue weighted by atomic mass is 10.1. The molecule has 1 heterocycles. The van der Waals surface area contributed by atoms with Gasteiger partial charge in [0.15, 0.2) is 11.5 Å². The van der Waals surface area contributed by atoms with E-state index in [1.165, 1.54) is 4.90 Å². The molecule has 3 rings (SSSR count). The van der Waals surface area contributed by atoms with Gasteiger partial charge >= 0.3 is 0 Å². The molecular formula is C26H35N3O6S. The van der Waals surface area contributed by atoms with Crippen LogP contribution in [0.25, 0.3) is 0 Å². The maximum Gasteiger partial charge on any atom is 0.244 e. The number of carbonyl (C=O) groups is 2. The van der Waals surface area contributed by atoms with E-state index in [1.807, 2.05) is 45.0 Å². The predicted octanol–water partition coefficient (Wildman–Crippen LogP) is 2.86. The molecule has 1 aliphatic rings. The summed E-state index contributed by atoms with van der Waals surface area (Å²) in [6, 6.07) is 11.5. The van der Waals surface area contributed by atoms with E-state index in [9.17, 15) is 18.0 Å². The molecule has 36 heavy (non-hydrogen) atoms. The molecule has 2 amide bonds. The number of aryl methyl sites for hydroxylation is 1. The number of nitrogens with one attached hydrogen (secondary N) is 1. The van der Waals surface area contributed by atoms with Gasteiger partial charge in [-0.15, -0.1) is 0 Å². The van der Waals surface area contributed by atoms with E-state index in [4.69, 9.17) is 9.47 Å². The van der Waals surface area contributed by atoms with Crippen molar-refractivity contribution < 1.29 is 27.5 Å². The van der Waals surface area contributed by atoms with Crippen molar-refractivity contribution in [1.29, 1.82) is 0 Å². The number of anilines is 1. The molecule has 0 bridgehead atoms. The van der Waals surface area contributed by atoms with Gasteiger partial charge in [0.25, 0.3) is 0 Å². The third-order valence-electron chi connectivity index (χ3n) is 6.26. The minimum Gasteiger partial charge on any atom is -0.486 e. The zero-order valence-corrected chi connectivity index (χ0v) is 22.3. The van der Waals surface area contributed by atoms with E-state index in [1.54, 1.807) is 25.1 Å². The van der Waals surface area contributed by atoms with Gasteiger partial charge in [-0.25, -0.2) is 8.42 Å². The quantitative estimate of drug-likeness (QED) is 0.520. The summed E-state index contributed by atoms with van der Waals surface area (Å²) in [5.74, 6) is 0.140. The first-order chi connectivity index (χ1) is 17.0. The SMILES string of the molecule is CC[C@@H](C)NC(=O)[C@H](C)N(Cc1ccccc1C)C(=O)CN(c1ccc2c(c1)OCCO2)S(C)(=O)=O. The van der Waals surface area contributed by atoms with E-state index in [-0.39, 0.29) is 24.2 Å². The molecule has 2 aromatic carbocycles. The standard InChI is InChI=1S/C26H35N3O6S/c1-6-19(3)27-26(31)20(4)28(16-21-10-8-7-9-18(21)2)25(30)17-29(36(5,32)33)22-11-12-23-24(15-22)35-14-13-34-23/h7-12,15,19-20H,6,13-14,16-17H2,1-5H3,(H,27,31)/t19-,20+/m1/s1. The van der Waals surface area contributed by atoms with Crippen molar-refractivity contribution >= 4 is 27.5 Å². The van der Waals surface area contributed by atoms with E-state index in [0.717, 1.165) is 28.1 Å². The molecule has 0 unspecified atom stereocenters. The summed E-state index contributed by atoms with van der Waals surface area (Å²) in [5.41, 5.74) is 2.12. The molecule has 9 nitrogen and oxygen atoms in total. The highest BCUT2D eigenvalue weighted by Gasteiger charge is 2.31. The first kappa shape index (κ1) is 27.3. The lowest BCUT2D eigenvalue weighted by Gasteiger charge is -2.32. The maximum atomic E-state index is 13.7. The number of benzene rings is 2. The molecule has 0 radical (unpaired) electrons. The van der Waals surface area contributed by atoms with Crippen molar-refractivity contribution in [2.24, 2.45) is 0 Å². The van der Waals surface area contributed by atoms with Crippen LogP contribution in [0.3, 0.4) is 0 Å². The molecular weight excluding hydrogens is 482 g/mol. The molecule has 10 heteroatoms. The fourth-order valence-electron chi connectivity index (χ4n) is 3.82. The summed E-state index contributed by atoms with van der Waals surface area (Å²) < 4.78 is 37.7. The highest BCUT2D eigenvalue weighted by Crippen LogP contribution is 2.34. The summed E-state index contributed by atoms with van der Waals surface area (Å²) in [6.45, 7) is 7.90. The maximum absolute atomic E-state index is 13.7. The predicted molar refractivity (Wildman–Crippen MR) is 139 cm³/mol. The smallest absolute Gasteiger partial charge is 0.244 e. The molecule has 0 saturated heterocycles. The largest absolute Gasteiger partial charge is 0.486 e. The van der Waals surface area contributed by atoms with Crippen LogP contribution in [0.5, 0.6) is 11.5 Å². The third-order valence-corrected chi connectivity index (χ3v) is 7.40. The first-order valence-corrected chi connectivity index (χ1v) is 13.9. The van der Waals surface area contributed by atoms with Gasteiger partial charge in [-0.3, -0.25) is 13.9 Å². The summed E-state index contributed by atoms with van der Waals surface area (Å²) in [4.78, 5) is 28.1.